The van der Waals surface area contributed by atoms with Crippen LogP contribution in [0.3, 0.4) is 0 Å². The predicted molar refractivity (Wildman–Crippen MR) is 114 cm³/mol. The van der Waals surface area contributed by atoms with E-state index < -0.39 is 16.0 Å². The first-order valence-electron chi connectivity index (χ1n) is 9.59. The summed E-state index contributed by atoms with van der Waals surface area (Å²) in [4.78, 5) is 11.9. The van der Waals surface area contributed by atoms with Crippen molar-refractivity contribution in [1.29, 1.82) is 0 Å². The standard InChI is InChI=1S/C22H24N2O5S/c1-5-28-22(25)16-6-9-18(10-7-16)24-30(26,27)21-13-17(8-11-19(21)14(2)3)20-12-15(4)23-29-20/h6-14,24H,5H2,1-4H3. The number of nitrogens with zero attached hydrogens (tertiary/aromatic N) is 1. The van der Waals surface area contributed by atoms with Gasteiger partial charge in [-0.15, -0.1) is 0 Å². The molecule has 0 aliphatic heterocycles. The summed E-state index contributed by atoms with van der Waals surface area (Å²) in [6.45, 7) is 7.66. The van der Waals surface area contributed by atoms with Crippen molar-refractivity contribution in [2.45, 2.75) is 38.5 Å². The van der Waals surface area contributed by atoms with Crippen LogP contribution in [0.1, 0.15) is 48.3 Å². The molecule has 0 saturated carbocycles. The number of hydrogen-bond acceptors (Lipinski definition) is 6. The van der Waals surface area contributed by atoms with E-state index in [0.717, 1.165) is 0 Å². The van der Waals surface area contributed by atoms with Crippen LogP contribution < -0.4 is 4.72 Å². The Kier molecular flexibility index (Phi) is 6.26. The normalized spacial score (nSPS) is 11.5. The summed E-state index contributed by atoms with van der Waals surface area (Å²) in [5.41, 5.74) is 2.72. The first kappa shape index (κ1) is 21.6. The molecule has 0 spiro atoms. The third-order valence-electron chi connectivity index (χ3n) is 4.49. The van der Waals surface area contributed by atoms with E-state index in [0.29, 0.717) is 33.8 Å². The van der Waals surface area contributed by atoms with Crippen LogP contribution in [0.4, 0.5) is 5.69 Å². The number of carbonyl (C=O) groups is 1. The van der Waals surface area contributed by atoms with Crippen molar-refractivity contribution in [1.82, 2.24) is 5.16 Å². The Balaban J connectivity index is 1.95. The van der Waals surface area contributed by atoms with Crippen LogP contribution in [0.5, 0.6) is 0 Å². The molecule has 0 bridgehead atoms. The van der Waals surface area contributed by atoms with E-state index >= 15 is 0 Å². The number of benzene rings is 2. The lowest BCUT2D eigenvalue weighted by molar-refractivity contribution is 0.0526. The van der Waals surface area contributed by atoms with Crippen molar-refractivity contribution in [3.05, 3.63) is 65.4 Å². The van der Waals surface area contributed by atoms with E-state index in [4.69, 9.17) is 9.26 Å². The number of carbonyl (C=O) groups excluding carboxylic acids is 1. The van der Waals surface area contributed by atoms with Crippen molar-refractivity contribution in [2.75, 3.05) is 11.3 Å². The van der Waals surface area contributed by atoms with Gasteiger partial charge in [0.05, 0.1) is 22.8 Å². The van der Waals surface area contributed by atoms with Gasteiger partial charge in [0, 0.05) is 17.3 Å². The van der Waals surface area contributed by atoms with Gasteiger partial charge in [-0.05, 0) is 55.7 Å². The molecule has 0 aliphatic carbocycles. The quantitative estimate of drug-likeness (QED) is 0.545. The Morgan fingerprint density at radius 3 is 2.40 bits per heavy atom. The second-order valence-corrected chi connectivity index (χ2v) is 8.79. The zero-order chi connectivity index (χ0) is 21.9. The summed E-state index contributed by atoms with van der Waals surface area (Å²) in [5.74, 6) is 0.0374. The fourth-order valence-corrected chi connectivity index (χ4v) is 4.45. The van der Waals surface area contributed by atoms with Crippen LogP contribution >= 0.6 is 0 Å². The van der Waals surface area contributed by atoms with Crippen LogP contribution in [0, 0.1) is 6.92 Å². The van der Waals surface area contributed by atoms with Gasteiger partial charge in [-0.2, -0.15) is 0 Å². The van der Waals surface area contributed by atoms with Crippen molar-refractivity contribution in [2.24, 2.45) is 0 Å². The molecule has 0 atom stereocenters. The maximum absolute atomic E-state index is 13.2. The number of ether oxygens (including phenoxy) is 1. The molecule has 1 N–H and O–H groups in total. The molecule has 1 aromatic heterocycles. The second kappa shape index (κ2) is 8.71. The Morgan fingerprint density at radius 1 is 1.13 bits per heavy atom. The fraction of sp³-hybridized carbons (Fsp3) is 0.273. The third kappa shape index (κ3) is 4.71. The number of hydrogen-bond donors (Lipinski definition) is 1. The van der Waals surface area contributed by atoms with Gasteiger partial charge in [0.1, 0.15) is 0 Å². The van der Waals surface area contributed by atoms with Crippen LogP contribution in [0.25, 0.3) is 11.3 Å². The van der Waals surface area contributed by atoms with E-state index in [1.165, 1.54) is 24.3 Å². The molecule has 0 fully saturated rings. The van der Waals surface area contributed by atoms with Crippen LogP contribution in [0.2, 0.25) is 0 Å². The minimum atomic E-state index is -3.88. The number of anilines is 1. The number of esters is 1. The Bertz CT molecular complexity index is 1150. The highest BCUT2D eigenvalue weighted by Gasteiger charge is 2.22. The van der Waals surface area contributed by atoms with Gasteiger partial charge in [-0.25, -0.2) is 13.2 Å². The highest BCUT2D eigenvalue weighted by Crippen LogP contribution is 2.31. The van der Waals surface area contributed by atoms with E-state index in [9.17, 15) is 13.2 Å². The van der Waals surface area contributed by atoms with Crippen molar-refractivity contribution in [3.63, 3.8) is 0 Å². The summed E-state index contributed by atoms with van der Waals surface area (Å²) < 4.78 is 39.2. The van der Waals surface area contributed by atoms with Gasteiger partial charge in [-0.1, -0.05) is 31.1 Å². The molecule has 0 radical (unpaired) electrons. The highest BCUT2D eigenvalue weighted by atomic mass is 32.2. The maximum Gasteiger partial charge on any atom is 0.338 e. The largest absolute Gasteiger partial charge is 0.462 e. The van der Waals surface area contributed by atoms with Gasteiger partial charge < -0.3 is 9.26 Å². The van der Waals surface area contributed by atoms with Gasteiger partial charge in [-0.3, -0.25) is 4.72 Å². The SMILES string of the molecule is CCOC(=O)c1ccc(NS(=O)(=O)c2cc(-c3cc(C)no3)ccc2C(C)C)cc1. The molecule has 0 amide bonds. The fourth-order valence-electron chi connectivity index (χ4n) is 3.00. The number of sulfonamides is 1. The molecule has 158 valence electrons. The summed E-state index contributed by atoms with van der Waals surface area (Å²) in [6.07, 6.45) is 0. The molecule has 2 aromatic carbocycles. The zero-order valence-electron chi connectivity index (χ0n) is 17.3. The van der Waals surface area contributed by atoms with E-state index in [1.54, 1.807) is 32.0 Å². The van der Waals surface area contributed by atoms with E-state index in [1.807, 2.05) is 19.9 Å². The Morgan fingerprint density at radius 2 is 1.83 bits per heavy atom. The lowest BCUT2D eigenvalue weighted by Crippen LogP contribution is -2.16. The average Bonchev–Trinajstić information content (AvgIpc) is 3.14. The average molecular weight is 429 g/mol. The Hall–Kier alpha value is -3.13. The molecular formula is C22H24N2O5S. The molecule has 1 heterocycles. The molecular weight excluding hydrogens is 404 g/mol. The Labute approximate surface area is 176 Å². The smallest absolute Gasteiger partial charge is 0.338 e. The molecule has 7 nitrogen and oxygen atoms in total. The molecule has 0 saturated heterocycles. The van der Waals surface area contributed by atoms with Crippen molar-refractivity contribution >= 4 is 21.7 Å². The van der Waals surface area contributed by atoms with Gasteiger partial charge in [0.25, 0.3) is 10.0 Å². The van der Waals surface area contributed by atoms with Crippen LogP contribution in [-0.2, 0) is 14.8 Å². The molecule has 30 heavy (non-hydrogen) atoms. The van der Waals surface area contributed by atoms with Gasteiger partial charge >= 0.3 is 5.97 Å². The second-order valence-electron chi connectivity index (χ2n) is 7.14. The predicted octanol–water partition coefficient (Wildman–Crippen LogP) is 4.75. The maximum atomic E-state index is 13.2. The van der Waals surface area contributed by atoms with E-state index in [-0.39, 0.29) is 17.4 Å². The topological polar surface area (TPSA) is 98.5 Å². The molecule has 0 aliphatic rings. The monoisotopic (exact) mass is 428 g/mol. The van der Waals surface area contributed by atoms with Crippen molar-refractivity contribution in [3.8, 4) is 11.3 Å². The molecule has 8 heteroatoms. The lowest BCUT2D eigenvalue weighted by atomic mass is 10.0. The lowest BCUT2D eigenvalue weighted by Gasteiger charge is -2.16. The molecule has 3 rings (SSSR count). The zero-order valence-corrected chi connectivity index (χ0v) is 18.1. The summed E-state index contributed by atoms with van der Waals surface area (Å²) in [5, 5.41) is 3.87. The summed E-state index contributed by atoms with van der Waals surface area (Å²) >= 11 is 0. The highest BCUT2D eigenvalue weighted by molar-refractivity contribution is 7.92. The van der Waals surface area contributed by atoms with Crippen molar-refractivity contribution < 1.29 is 22.5 Å². The van der Waals surface area contributed by atoms with Gasteiger partial charge in [0.15, 0.2) is 5.76 Å². The van der Waals surface area contributed by atoms with Gasteiger partial charge in [0.2, 0.25) is 0 Å². The number of aryl methyl sites for hydroxylation is 1. The molecule has 0 unspecified atom stereocenters. The first-order valence-corrected chi connectivity index (χ1v) is 11.1. The minimum Gasteiger partial charge on any atom is -0.462 e. The summed E-state index contributed by atoms with van der Waals surface area (Å²) in [6, 6.07) is 13.1. The minimum absolute atomic E-state index is 0.00622. The first-order chi connectivity index (χ1) is 14.2. The van der Waals surface area contributed by atoms with E-state index in [2.05, 4.69) is 9.88 Å². The third-order valence-corrected chi connectivity index (χ3v) is 5.92. The number of rotatable bonds is 7. The number of nitrogens with one attached hydrogen (secondary N) is 1. The van der Waals surface area contributed by atoms with Crippen LogP contribution in [0.15, 0.2) is 57.9 Å². The number of aromatic nitrogens is 1. The summed E-state index contributed by atoms with van der Waals surface area (Å²) in [7, 11) is -3.88. The van der Waals surface area contributed by atoms with Crippen LogP contribution in [-0.4, -0.2) is 26.2 Å². The molecule has 3 aromatic rings.